The molecule has 0 unspecified atom stereocenters. The van der Waals surface area contributed by atoms with Gasteiger partial charge in [-0.1, -0.05) is 12.1 Å². The van der Waals surface area contributed by atoms with Gasteiger partial charge in [-0.05, 0) is 48.4 Å². The zero-order chi connectivity index (χ0) is 15.3. The quantitative estimate of drug-likeness (QED) is 0.920. The molecule has 0 amide bonds. The minimum Gasteiger partial charge on any atom is -0.211 e. The number of nitriles is 1. The molecule has 6 heteroatoms. The molecule has 0 spiro atoms. The van der Waals surface area contributed by atoms with Gasteiger partial charge in [0.25, 0.3) is 0 Å². The summed E-state index contributed by atoms with van der Waals surface area (Å²) in [6.07, 6.45) is 0.396. The molecule has 4 nitrogen and oxygen atoms in total. The molecule has 0 radical (unpaired) electrons. The fourth-order valence-electron chi connectivity index (χ4n) is 1.81. The summed E-state index contributed by atoms with van der Waals surface area (Å²) in [5.41, 5.74) is 1.12. The Bertz CT molecular complexity index is 765. The number of sulfonamides is 1. The Morgan fingerprint density at radius 2 is 1.86 bits per heavy atom. The van der Waals surface area contributed by atoms with Crippen LogP contribution in [0.25, 0.3) is 0 Å². The maximum Gasteiger partial charge on any atom is 0.240 e. The van der Waals surface area contributed by atoms with E-state index in [4.69, 9.17) is 5.26 Å². The lowest BCUT2D eigenvalue weighted by Gasteiger charge is -2.07. The van der Waals surface area contributed by atoms with E-state index >= 15 is 0 Å². The lowest BCUT2D eigenvalue weighted by molar-refractivity contribution is 0.581. The zero-order valence-corrected chi connectivity index (χ0v) is 11.9. The second kappa shape index (κ2) is 6.48. The van der Waals surface area contributed by atoms with Crippen molar-refractivity contribution in [3.05, 3.63) is 65.5 Å². The lowest BCUT2D eigenvalue weighted by Crippen LogP contribution is -2.26. The van der Waals surface area contributed by atoms with E-state index in [1.807, 2.05) is 6.07 Å². The third-order valence-electron chi connectivity index (χ3n) is 2.89. The number of hydrogen-bond acceptors (Lipinski definition) is 3. The third kappa shape index (κ3) is 4.12. The smallest absolute Gasteiger partial charge is 0.211 e. The van der Waals surface area contributed by atoms with Crippen LogP contribution in [0.5, 0.6) is 0 Å². The van der Waals surface area contributed by atoms with Crippen molar-refractivity contribution in [1.82, 2.24) is 4.72 Å². The summed E-state index contributed by atoms with van der Waals surface area (Å²) in [6, 6.07) is 13.6. The number of nitrogens with zero attached hydrogens (tertiary/aromatic N) is 1. The molecule has 0 aliphatic carbocycles. The van der Waals surface area contributed by atoms with Crippen LogP contribution in [0.1, 0.15) is 11.1 Å². The van der Waals surface area contributed by atoms with E-state index in [1.165, 1.54) is 36.4 Å². The lowest BCUT2D eigenvalue weighted by atomic mass is 10.1. The Kier molecular flexibility index (Phi) is 4.68. The van der Waals surface area contributed by atoms with Crippen LogP contribution in [0.4, 0.5) is 4.39 Å². The second-order valence-corrected chi connectivity index (χ2v) is 6.18. The van der Waals surface area contributed by atoms with Crippen LogP contribution in [0, 0.1) is 17.1 Å². The van der Waals surface area contributed by atoms with E-state index in [9.17, 15) is 12.8 Å². The number of benzene rings is 2. The van der Waals surface area contributed by atoms with Crippen LogP contribution in [-0.2, 0) is 16.4 Å². The topological polar surface area (TPSA) is 70.0 Å². The molecule has 0 saturated heterocycles. The molecule has 0 fully saturated rings. The van der Waals surface area contributed by atoms with Gasteiger partial charge >= 0.3 is 0 Å². The Labute approximate surface area is 122 Å². The van der Waals surface area contributed by atoms with E-state index in [2.05, 4.69) is 4.72 Å². The molecule has 108 valence electrons. The molecule has 0 atom stereocenters. The van der Waals surface area contributed by atoms with Gasteiger partial charge in [-0.25, -0.2) is 17.5 Å². The molecule has 0 bridgehead atoms. The average Bonchev–Trinajstić information content (AvgIpc) is 2.47. The Morgan fingerprint density at radius 1 is 1.14 bits per heavy atom. The van der Waals surface area contributed by atoms with E-state index < -0.39 is 10.0 Å². The molecule has 2 aromatic carbocycles. The molecule has 0 aromatic heterocycles. The monoisotopic (exact) mass is 304 g/mol. The van der Waals surface area contributed by atoms with Gasteiger partial charge in [0.15, 0.2) is 0 Å². The number of halogens is 1. The van der Waals surface area contributed by atoms with Gasteiger partial charge in [-0.3, -0.25) is 0 Å². The van der Waals surface area contributed by atoms with Crippen molar-refractivity contribution in [1.29, 1.82) is 5.26 Å². The number of rotatable bonds is 5. The van der Waals surface area contributed by atoms with E-state index in [1.54, 1.807) is 12.1 Å². The third-order valence-corrected chi connectivity index (χ3v) is 4.37. The van der Waals surface area contributed by atoms with Crippen LogP contribution >= 0.6 is 0 Å². The number of hydrogen-bond donors (Lipinski definition) is 1. The standard InChI is InChI=1S/C15H13FN2O2S/c16-14-3-1-2-12(10-14)8-9-18-21(19,20)15-6-4-13(11-17)5-7-15/h1-7,10,18H,8-9H2. The first-order chi connectivity index (χ1) is 10.0. The summed E-state index contributed by atoms with van der Waals surface area (Å²) < 4.78 is 39.5. The van der Waals surface area contributed by atoms with E-state index in [-0.39, 0.29) is 17.3 Å². The molecule has 1 N–H and O–H groups in total. The first-order valence-corrected chi connectivity index (χ1v) is 7.74. The Morgan fingerprint density at radius 3 is 2.48 bits per heavy atom. The molecular formula is C15H13FN2O2S. The van der Waals surface area contributed by atoms with Crippen molar-refractivity contribution >= 4 is 10.0 Å². The van der Waals surface area contributed by atoms with Crippen molar-refractivity contribution in [3.63, 3.8) is 0 Å². The highest BCUT2D eigenvalue weighted by atomic mass is 32.2. The molecule has 0 saturated carbocycles. The Hall–Kier alpha value is -2.23. The van der Waals surface area contributed by atoms with Crippen molar-refractivity contribution in [2.24, 2.45) is 0 Å². The number of nitrogens with one attached hydrogen (secondary N) is 1. The average molecular weight is 304 g/mol. The maximum atomic E-state index is 13.0. The van der Waals surface area contributed by atoms with E-state index in [0.29, 0.717) is 12.0 Å². The van der Waals surface area contributed by atoms with Crippen molar-refractivity contribution in [3.8, 4) is 6.07 Å². The van der Waals surface area contributed by atoms with Gasteiger partial charge in [0.2, 0.25) is 10.0 Å². The van der Waals surface area contributed by atoms with Gasteiger partial charge in [-0.2, -0.15) is 5.26 Å². The summed E-state index contributed by atoms with van der Waals surface area (Å²) in [6.45, 7) is 0.172. The summed E-state index contributed by atoms with van der Waals surface area (Å²) in [4.78, 5) is 0.0979. The summed E-state index contributed by atoms with van der Waals surface area (Å²) in [7, 11) is -3.62. The van der Waals surface area contributed by atoms with E-state index in [0.717, 1.165) is 5.56 Å². The van der Waals surface area contributed by atoms with Crippen molar-refractivity contribution < 1.29 is 12.8 Å². The van der Waals surface area contributed by atoms with Crippen molar-refractivity contribution in [2.75, 3.05) is 6.54 Å². The summed E-state index contributed by atoms with van der Waals surface area (Å²) in [5, 5.41) is 8.68. The van der Waals surface area contributed by atoms with Gasteiger partial charge in [0.1, 0.15) is 5.82 Å². The second-order valence-electron chi connectivity index (χ2n) is 4.41. The predicted molar refractivity (Wildman–Crippen MR) is 76.4 cm³/mol. The molecule has 0 aliphatic heterocycles. The van der Waals surface area contributed by atoms with Gasteiger partial charge < -0.3 is 0 Å². The molecule has 0 aliphatic rings. The fraction of sp³-hybridized carbons (Fsp3) is 0.133. The van der Waals surface area contributed by atoms with Crippen LogP contribution < -0.4 is 4.72 Å². The SMILES string of the molecule is N#Cc1ccc(S(=O)(=O)NCCc2cccc(F)c2)cc1. The minimum absolute atomic E-state index is 0.0979. The van der Waals surface area contributed by atoms with Crippen molar-refractivity contribution in [2.45, 2.75) is 11.3 Å². The fourth-order valence-corrected chi connectivity index (χ4v) is 2.85. The van der Waals surface area contributed by atoms with Crippen LogP contribution in [-0.4, -0.2) is 15.0 Å². The normalized spacial score (nSPS) is 11.0. The predicted octanol–water partition coefficient (Wildman–Crippen LogP) is 2.22. The van der Waals surface area contributed by atoms with Crippen LogP contribution in [0.3, 0.4) is 0 Å². The van der Waals surface area contributed by atoms with Crippen LogP contribution in [0.15, 0.2) is 53.4 Å². The highest BCUT2D eigenvalue weighted by molar-refractivity contribution is 7.89. The first kappa shape index (κ1) is 15.2. The minimum atomic E-state index is -3.62. The molecule has 2 aromatic rings. The first-order valence-electron chi connectivity index (χ1n) is 6.25. The zero-order valence-electron chi connectivity index (χ0n) is 11.1. The summed E-state index contributed by atoms with van der Waals surface area (Å²) >= 11 is 0. The highest BCUT2D eigenvalue weighted by Gasteiger charge is 2.13. The Balaban J connectivity index is 1.99. The molecule has 21 heavy (non-hydrogen) atoms. The highest BCUT2D eigenvalue weighted by Crippen LogP contribution is 2.10. The molecule has 0 heterocycles. The van der Waals surface area contributed by atoms with Gasteiger partial charge in [0, 0.05) is 6.54 Å². The van der Waals surface area contributed by atoms with Gasteiger partial charge in [0.05, 0.1) is 16.5 Å². The largest absolute Gasteiger partial charge is 0.240 e. The maximum absolute atomic E-state index is 13.0. The molecule has 2 rings (SSSR count). The van der Waals surface area contributed by atoms with Crippen LogP contribution in [0.2, 0.25) is 0 Å². The molecular weight excluding hydrogens is 291 g/mol. The summed E-state index contributed by atoms with van der Waals surface area (Å²) in [5.74, 6) is -0.345. The van der Waals surface area contributed by atoms with Gasteiger partial charge in [-0.15, -0.1) is 0 Å².